The number of benzene rings is 2. The zero-order valence-corrected chi connectivity index (χ0v) is 19.2. The molecular formula is C20H23Cl3N2O3S. The van der Waals surface area contributed by atoms with E-state index in [1.807, 2.05) is 13.8 Å². The molecule has 0 saturated carbocycles. The van der Waals surface area contributed by atoms with E-state index in [0.717, 1.165) is 17.1 Å². The number of nitrogens with one attached hydrogen (secondary N) is 1. The summed E-state index contributed by atoms with van der Waals surface area (Å²) in [6, 6.07) is 10.6. The van der Waals surface area contributed by atoms with E-state index >= 15 is 0 Å². The Labute approximate surface area is 187 Å². The zero-order valence-electron chi connectivity index (χ0n) is 16.2. The van der Waals surface area contributed by atoms with Crippen LogP contribution in [0.4, 0.5) is 0 Å². The highest BCUT2D eigenvalue weighted by Gasteiger charge is 2.28. The van der Waals surface area contributed by atoms with Gasteiger partial charge in [0.05, 0.1) is 11.4 Å². The van der Waals surface area contributed by atoms with Crippen LogP contribution in [-0.4, -0.2) is 31.2 Å². The smallest absolute Gasteiger partial charge is 0.243 e. The molecule has 0 fully saturated rings. The first-order valence-corrected chi connectivity index (χ1v) is 11.7. The Kier molecular flexibility index (Phi) is 8.79. The predicted molar refractivity (Wildman–Crippen MR) is 118 cm³/mol. The van der Waals surface area contributed by atoms with Crippen molar-refractivity contribution in [3.8, 4) is 0 Å². The van der Waals surface area contributed by atoms with E-state index in [4.69, 9.17) is 34.8 Å². The first-order valence-electron chi connectivity index (χ1n) is 9.12. The molecule has 0 aliphatic carbocycles. The van der Waals surface area contributed by atoms with Gasteiger partial charge in [-0.05, 0) is 55.3 Å². The Balaban J connectivity index is 2.33. The van der Waals surface area contributed by atoms with Crippen molar-refractivity contribution >= 4 is 50.7 Å². The van der Waals surface area contributed by atoms with Crippen molar-refractivity contribution in [2.75, 3.05) is 6.54 Å². The molecule has 2 rings (SSSR count). The van der Waals surface area contributed by atoms with Gasteiger partial charge in [-0.3, -0.25) is 4.79 Å². The Morgan fingerprint density at radius 1 is 1.07 bits per heavy atom. The van der Waals surface area contributed by atoms with Crippen molar-refractivity contribution in [1.82, 2.24) is 9.62 Å². The molecule has 0 radical (unpaired) electrons. The second-order valence-electron chi connectivity index (χ2n) is 6.72. The van der Waals surface area contributed by atoms with Crippen LogP contribution in [0.2, 0.25) is 15.1 Å². The molecule has 158 valence electrons. The molecule has 5 nitrogen and oxygen atoms in total. The van der Waals surface area contributed by atoms with E-state index in [-0.39, 0.29) is 29.9 Å². The van der Waals surface area contributed by atoms with E-state index in [0.29, 0.717) is 20.6 Å². The fourth-order valence-electron chi connectivity index (χ4n) is 2.81. The minimum atomic E-state index is -3.96. The molecule has 0 heterocycles. The molecule has 1 atom stereocenters. The van der Waals surface area contributed by atoms with E-state index in [1.54, 1.807) is 12.1 Å². The second-order valence-corrected chi connectivity index (χ2v) is 9.94. The lowest BCUT2D eigenvalue weighted by atomic mass is 10.2. The lowest BCUT2D eigenvalue weighted by Crippen LogP contribution is -2.43. The molecule has 0 aliphatic rings. The van der Waals surface area contributed by atoms with Gasteiger partial charge in [-0.15, -0.1) is 0 Å². The van der Waals surface area contributed by atoms with Crippen molar-refractivity contribution < 1.29 is 13.2 Å². The lowest BCUT2D eigenvalue weighted by Gasteiger charge is -2.23. The average Bonchev–Trinajstić information content (AvgIpc) is 2.63. The standard InChI is InChI=1S/C20H23Cl3N2O3S/c1-3-4-14(2)24-20(26)13-25(12-15-5-6-17(22)11-19(15)23)29(27,28)18-9-7-16(21)8-10-18/h5-11,14H,3-4,12-13H2,1-2H3,(H,24,26)/t14-/m0/s1. The van der Waals surface area contributed by atoms with Gasteiger partial charge in [0.2, 0.25) is 15.9 Å². The highest BCUT2D eigenvalue weighted by Crippen LogP contribution is 2.25. The maximum atomic E-state index is 13.2. The molecule has 0 spiro atoms. The normalized spacial score (nSPS) is 12.8. The summed E-state index contributed by atoms with van der Waals surface area (Å²) in [6.07, 6.45) is 1.72. The summed E-state index contributed by atoms with van der Waals surface area (Å²) in [7, 11) is -3.96. The zero-order chi connectivity index (χ0) is 21.6. The summed E-state index contributed by atoms with van der Waals surface area (Å²) >= 11 is 18.0. The number of carbonyl (C=O) groups excluding carboxylic acids is 1. The Morgan fingerprint density at radius 2 is 1.69 bits per heavy atom. The van der Waals surface area contributed by atoms with Crippen LogP contribution in [0.25, 0.3) is 0 Å². The third kappa shape index (κ3) is 6.86. The van der Waals surface area contributed by atoms with Gasteiger partial charge in [0.25, 0.3) is 0 Å². The molecule has 9 heteroatoms. The van der Waals surface area contributed by atoms with Crippen molar-refractivity contribution in [3.05, 3.63) is 63.1 Å². The highest BCUT2D eigenvalue weighted by molar-refractivity contribution is 7.89. The van der Waals surface area contributed by atoms with Gasteiger partial charge < -0.3 is 5.32 Å². The summed E-state index contributed by atoms with van der Waals surface area (Å²) in [5.74, 6) is -0.381. The van der Waals surface area contributed by atoms with E-state index in [1.165, 1.54) is 30.3 Å². The van der Waals surface area contributed by atoms with Gasteiger partial charge in [-0.25, -0.2) is 8.42 Å². The van der Waals surface area contributed by atoms with Crippen LogP contribution in [0.5, 0.6) is 0 Å². The Bertz CT molecular complexity index is 950. The minimum absolute atomic E-state index is 0.0430. The molecule has 1 amide bonds. The van der Waals surface area contributed by atoms with Crippen LogP contribution in [0.15, 0.2) is 47.4 Å². The summed E-state index contributed by atoms with van der Waals surface area (Å²) in [5.41, 5.74) is 0.544. The number of hydrogen-bond donors (Lipinski definition) is 1. The molecule has 0 saturated heterocycles. The third-order valence-electron chi connectivity index (χ3n) is 4.26. The second kappa shape index (κ2) is 10.6. The monoisotopic (exact) mass is 476 g/mol. The number of rotatable bonds is 9. The van der Waals surface area contributed by atoms with Gasteiger partial charge in [0, 0.05) is 27.7 Å². The fraction of sp³-hybridized carbons (Fsp3) is 0.350. The predicted octanol–water partition coefficient (Wildman–Crippen LogP) is 5.14. The Hall–Kier alpha value is -1.31. The first kappa shape index (κ1) is 24.0. The Morgan fingerprint density at radius 3 is 2.28 bits per heavy atom. The summed E-state index contributed by atoms with van der Waals surface area (Å²) in [5, 5.41) is 4.02. The van der Waals surface area contributed by atoms with Gasteiger partial charge in [0.1, 0.15) is 0 Å². The summed E-state index contributed by atoms with van der Waals surface area (Å²) in [4.78, 5) is 12.6. The largest absolute Gasteiger partial charge is 0.353 e. The van der Waals surface area contributed by atoms with Gasteiger partial charge in [-0.1, -0.05) is 54.2 Å². The number of halogens is 3. The number of hydrogen-bond acceptors (Lipinski definition) is 3. The molecule has 29 heavy (non-hydrogen) atoms. The molecule has 0 aromatic heterocycles. The SMILES string of the molecule is CCC[C@H](C)NC(=O)CN(Cc1ccc(Cl)cc1Cl)S(=O)(=O)c1ccc(Cl)cc1. The molecule has 0 unspecified atom stereocenters. The number of amides is 1. The van der Waals surface area contributed by atoms with Crippen LogP contribution in [0, 0.1) is 0 Å². The van der Waals surface area contributed by atoms with Crippen LogP contribution in [0.3, 0.4) is 0 Å². The van der Waals surface area contributed by atoms with Crippen LogP contribution < -0.4 is 5.32 Å². The van der Waals surface area contributed by atoms with Crippen molar-refractivity contribution in [2.45, 2.75) is 44.2 Å². The molecule has 2 aromatic carbocycles. The molecule has 1 N–H and O–H groups in total. The van der Waals surface area contributed by atoms with Crippen LogP contribution >= 0.6 is 34.8 Å². The number of carbonyl (C=O) groups is 1. The van der Waals surface area contributed by atoms with E-state index in [9.17, 15) is 13.2 Å². The number of sulfonamides is 1. The minimum Gasteiger partial charge on any atom is -0.353 e. The van der Waals surface area contributed by atoms with Crippen molar-refractivity contribution in [3.63, 3.8) is 0 Å². The first-order chi connectivity index (χ1) is 13.6. The van der Waals surface area contributed by atoms with Crippen LogP contribution in [-0.2, 0) is 21.4 Å². The molecule has 0 aliphatic heterocycles. The highest BCUT2D eigenvalue weighted by atomic mass is 35.5. The quantitative estimate of drug-likeness (QED) is 0.543. The van der Waals surface area contributed by atoms with Crippen molar-refractivity contribution in [1.29, 1.82) is 0 Å². The molecule has 0 bridgehead atoms. The summed E-state index contributed by atoms with van der Waals surface area (Å²) < 4.78 is 27.5. The maximum Gasteiger partial charge on any atom is 0.243 e. The van der Waals surface area contributed by atoms with Gasteiger partial charge in [-0.2, -0.15) is 4.31 Å². The van der Waals surface area contributed by atoms with Gasteiger partial charge in [0.15, 0.2) is 0 Å². The topological polar surface area (TPSA) is 66.5 Å². The maximum absolute atomic E-state index is 13.2. The molecule has 2 aromatic rings. The lowest BCUT2D eigenvalue weighted by molar-refractivity contribution is -0.122. The fourth-order valence-corrected chi connectivity index (χ4v) is 4.78. The number of nitrogens with zero attached hydrogens (tertiary/aromatic N) is 1. The third-order valence-corrected chi connectivity index (χ3v) is 6.91. The van der Waals surface area contributed by atoms with E-state index in [2.05, 4.69) is 5.32 Å². The summed E-state index contributed by atoms with van der Waals surface area (Å²) in [6.45, 7) is 3.49. The average molecular weight is 478 g/mol. The van der Waals surface area contributed by atoms with Crippen LogP contribution in [0.1, 0.15) is 32.3 Å². The van der Waals surface area contributed by atoms with E-state index < -0.39 is 10.0 Å². The molecular weight excluding hydrogens is 455 g/mol. The van der Waals surface area contributed by atoms with Crippen molar-refractivity contribution in [2.24, 2.45) is 0 Å². The van der Waals surface area contributed by atoms with Gasteiger partial charge >= 0.3 is 0 Å².